The molecule has 0 spiro atoms. The highest BCUT2D eigenvalue weighted by Gasteiger charge is 2.15. The summed E-state index contributed by atoms with van der Waals surface area (Å²) in [5.74, 6) is 0.443. The molecule has 0 bridgehead atoms. The SMILES string of the molecule is C/C(F)=C/CC/C(C)=C/CC/C(C)=C/Cc1c(C)c(O)c(C)c(C)c1O. The van der Waals surface area contributed by atoms with Gasteiger partial charge in [-0.15, -0.1) is 0 Å². The zero-order valence-corrected chi connectivity index (χ0v) is 17.0. The van der Waals surface area contributed by atoms with Crippen LogP contribution in [0.4, 0.5) is 4.39 Å². The molecule has 0 saturated heterocycles. The fourth-order valence-electron chi connectivity index (χ4n) is 2.96. The normalized spacial score (nSPS) is 13.4. The van der Waals surface area contributed by atoms with Crippen molar-refractivity contribution in [2.45, 2.75) is 73.6 Å². The van der Waals surface area contributed by atoms with Gasteiger partial charge in [0.15, 0.2) is 0 Å². The second-order valence-corrected chi connectivity index (χ2v) is 7.22. The first-order valence-corrected chi connectivity index (χ1v) is 9.29. The highest BCUT2D eigenvalue weighted by molar-refractivity contribution is 5.57. The lowest BCUT2D eigenvalue weighted by atomic mass is 9.94. The fraction of sp³-hybridized carbons (Fsp3) is 0.478. The lowest BCUT2D eigenvalue weighted by molar-refractivity contribution is 0.444. The number of allylic oxidation sites excluding steroid dienone is 6. The molecule has 1 aromatic rings. The molecule has 0 atom stereocenters. The molecule has 1 rings (SSSR count). The lowest BCUT2D eigenvalue weighted by Gasteiger charge is -2.15. The van der Waals surface area contributed by atoms with Gasteiger partial charge in [-0.25, -0.2) is 4.39 Å². The molecule has 26 heavy (non-hydrogen) atoms. The van der Waals surface area contributed by atoms with E-state index in [-0.39, 0.29) is 17.3 Å². The summed E-state index contributed by atoms with van der Waals surface area (Å²) in [6.45, 7) is 11.1. The van der Waals surface area contributed by atoms with Crippen molar-refractivity contribution in [2.24, 2.45) is 0 Å². The van der Waals surface area contributed by atoms with Gasteiger partial charge in [0.25, 0.3) is 0 Å². The van der Waals surface area contributed by atoms with E-state index in [0.717, 1.165) is 47.9 Å². The maximum absolute atomic E-state index is 12.7. The van der Waals surface area contributed by atoms with E-state index < -0.39 is 0 Å². The average molecular weight is 361 g/mol. The molecule has 0 amide bonds. The van der Waals surface area contributed by atoms with E-state index >= 15 is 0 Å². The molecule has 0 aromatic heterocycles. The summed E-state index contributed by atoms with van der Waals surface area (Å²) in [5, 5.41) is 20.6. The van der Waals surface area contributed by atoms with Crippen molar-refractivity contribution in [2.75, 3.05) is 0 Å². The zero-order valence-electron chi connectivity index (χ0n) is 17.0. The second kappa shape index (κ2) is 10.2. The van der Waals surface area contributed by atoms with Gasteiger partial charge in [-0.3, -0.25) is 0 Å². The second-order valence-electron chi connectivity index (χ2n) is 7.22. The van der Waals surface area contributed by atoms with Crippen LogP contribution in [0.25, 0.3) is 0 Å². The van der Waals surface area contributed by atoms with Gasteiger partial charge in [-0.2, -0.15) is 0 Å². The molecule has 3 heteroatoms. The van der Waals surface area contributed by atoms with Crippen molar-refractivity contribution in [3.05, 3.63) is 57.5 Å². The molecule has 0 unspecified atom stereocenters. The summed E-state index contributed by atoms with van der Waals surface area (Å²) in [5.41, 5.74) is 5.56. The van der Waals surface area contributed by atoms with Crippen molar-refractivity contribution in [1.82, 2.24) is 0 Å². The summed E-state index contributed by atoms with van der Waals surface area (Å²) >= 11 is 0. The van der Waals surface area contributed by atoms with Crippen LogP contribution in [0.5, 0.6) is 11.5 Å². The smallest absolute Gasteiger partial charge is 0.122 e. The molecule has 0 aliphatic carbocycles. The fourth-order valence-corrected chi connectivity index (χ4v) is 2.96. The summed E-state index contributed by atoms with van der Waals surface area (Å²) in [6.07, 6.45) is 10.1. The maximum atomic E-state index is 12.7. The summed E-state index contributed by atoms with van der Waals surface area (Å²) in [4.78, 5) is 0. The number of rotatable bonds is 8. The van der Waals surface area contributed by atoms with E-state index in [0.29, 0.717) is 6.42 Å². The highest BCUT2D eigenvalue weighted by Crippen LogP contribution is 2.36. The van der Waals surface area contributed by atoms with E-state index in [2.05, 4.69) is 26.0 Å². The van der Waals surface area contributed by atoms with Crippen molar-refractivity contribution < 1.29 is 14.6 Å². The minimum absolute atomic E-state index is 0.118. The third-order valence-corrected chi connectivity index (χ3v) is 5.02. The Balaban J connectivity index is 2.66. The molecule has 0 saturated carbocycles. The lowest BCUT2D eigenvalue weighted by Crippen LogP contribution is -1.96. The molecular formula is C23H33FO2. The number of phenolic OH excluding ortho intramolecular Hbond substituents is 2. The predicted molar refractivity (Wildman–Crippen MR) is 109 cm³/mol. The minimum atomic E-state index is -0.118. The first-order valence-electron chi connectivity index (χ1n) is 9.29. The Morgan fingerprint density at radius 3 is 1.85 bits per heavy atom. The molecule has 0 aliphatic heterocycles. The van der Waals surface area contributed by atoms with Crippen LogP contribution in [0.15, 0.2) is 35.2 Å². The number of phenols is 2. The molecule has 144 valence electrons. The molecule has 2 nitrogen and oxygen atoms in total. The summed E-state index contributed by atoms with van der Waals surface area (Å²) in [7, 11) is 0. The number of benzene rings is 1. The van der Waals surface area contributed by atoms with E-state index in [1.54, 1.807) is 6.08 Å². The van der Waals surface area contributed by atoms with Crippen molar-refractivity contribution in [3.63, 3.8) is 0 Å². The summed E-state index contributed by atoms with van der Waals surface area (Å²) in [6, 6.07) is 0. The molecule has 0 aliphatic rings. The maximum Gasteiger partial charge on any atom is 0.122 e. The van der Waals surface area contributed by atoms with Crippen LogP contribution >= 0.6 is 0 Å². The van der Waals surface area contributed by atoms with Crippen LogP contribution in [0.1, 0.15) is 68.7 Å². The molecule has 0 heterocycles. The largest absolute Gasteiger partial charge is 0.507 e. The predicted octanol–water partition coefficient (Wildman–Crippen LogP) is 6.89. The van der Waals surface area contributed by atoms with E-state index in [1.165, 1.54) is 18.1 Å². The van der Waals surface area contributed by atoms with E-state index in [9.17, 15) is 14.6 Å². The van der Waals surface area contributed by atoms with Crippen LogP contribution in [0.3, 0.4) is 0 Å². The van der Waals surface area contributed by atoms with Gasteiger partial charge in [0, 0.05) is 5.56 Å². The van der Waals surface area contributed by atoms with Crippen molar-refractivity contribution in [1.29, 1.82) is 0 Å². The molecule has 0 radical (unpaired) electrons. The molecule has 1 aromatic carbocycles. The van der Waals surface area contributed by atoms with Gasteiger partial charge in [-0.1, -0.05) is 29.4 Å². The first kappa shape index (κ1) is 22.0. The van der Waals surface area contributed by atoms with Gasteiger partial charge < -0.3 is 10.2 Å². The molecule has 0 fully saturated rings. The van der Waals surface area contributed by atoms with Crippen LogP contribution in [0, 0.1) is 20.8 Å². The third kappa shape index (κ3) is 6.36. The van der Waals surface area contributed by atoms with Gasteiger partial charge in [-0.05, 0) is 90.3 Å². The van der Waals surface area contributed by atoms with Gasteiger partial charge in [0.1, 0.15) is 11.5 Å². The van der Waals surface area contributed by atoms with Crippen molar-refractivity contribution >= 4 is 0 Å². The van der Waals surface area contributed by atoms with Crippen LogP contribution in [-0.4, -0.2) is 10.2 Å². The first-order chi connectivity index (χ1) is 12.1. The van der Waals surface area contributed by atoms with Gasteiger partial charge in [0.2, 0.25) is 0 Å². The average Bonchev–Trinajstić information content (AvgIpc) is 2.58. The Labute approximate surface area is 157 Å². The Bertz CT molecular complexity index is 691. The highest BCUT2D eigenvalue weighted by atomic mass is 19.1. The number of halogens is 1. The van der Waals surface area contributed by atoms with Crippen LogP contribution < -0.4 is 0 Å². The van der Waals surface area contributed by atoms with Gasteiger partial charge in [0.05, 0.1) is 5.83 Å². The third-order valence-electron chi connectivity index (χ3n) is 5.02. The standard InChI is InChI=1S/C23H33FO2/c1-15(11-8-12-17(3)24)9-7-10-16(2)13-14-21-20(6)22(25)18(4)19(5)23(21)26/h9,12-13,25-26H,7-8,10-11,14H2,1-6H3/b15-9+,16-13+,17-12-. The van der Waals surface area contributed by atoms with Crippen LogP contribution in [-0.2, 0) is 6.42 Å². The Morgan fingerprint density at radius 1 is 0.769 bits per heavy atom. The Morgan fingerprint density at radius 2 is 1.27 bits per heavy atom. The van der Waals surface area contributed by atoms with E-state index in [4.69, 9.17) is 0 Å². The Hall–Kier alpha value is -2.03. The number of hydrogen-bond acceptors (Lipinski definition) is 2. The molecular weight excluding hydrogens is 327 g/mol. The van der Waals surface area contributed by atoms with Crippen LogP contribution in [0.2, 0.25) is 0 Å². The Kier molecular flexibility index (Phi) is 8.64. The summed E-state index contributed by atoms with van der Waals surface area (Å²) < 4.78 is 12.7. The monoisotopic (exact) mass is 360 g/mol. The number of aromatic hydroxyl groups is 2. The quantitative estimate of drug-likeness (QED) is 0.391. The zero-order chi connectivity index (χ0) is 19.9. The number of hydrogen-bond donors (Lipinski definition) is 2. The van der Waals surface area contributed by atoms with Gasteiger partial charge >= 0.3 is 0 Å². The van der Waals surface area contributed by atoms with Crippen molar-refractivity contribution in [3.8, 4) is 11.5 Å². The van der Waals surface area contributed by atoms with E-state index in [1.807, 2.05) is 20.8 Å². The topological polar surface area (TPSA) is 40.5 Å². The minimum Gasteiger partial charge on any atom is -0.507 e. The molecule has 2 N–H and O–H groups in total.